The number of carbonyl (C=O) groups excluding carboxylic acids is 1. The molecule has 0 radical (unpaired) electrons. The van der Waals surface area contributed by atoms with Crippen LogP contribution in [0.15, 0.2) is 52.8 Å². The number of aromatic amines is 2. The van der Waals surface area contributed by atoms with E-state index in [4.69, 9.17) is 9.47 Å². The maximum Gasteiger partial charge on any atom is 0.333 e. The number of rotatable bonds is 6. The lowest BCUT2D eigenvalue weighted by Gasteiger charge is -2.12. The highest BCUT2D eigenvalue weighted by atomic mass is 16.5. The third kappa shape index (κ3) is 4.13. The highest BCUT2D eigenvalue weighted by molar-refractivity contribution is 5.93. The molecule has 9 nitrogen and oxygen atoms in total. The van der Waals surface area contributed by atoms with Crippen molar-refractivity contribution >= 4 is 23.2 Å². The summed E-state index contributed by atoms with van der Waals surface area (Å²) >= 11 is 0. The molecule has 2 aromatic heterocycles. The van der Waals surface area contributed by atoms with Gasteiger partial charge in [-0.25, -0.2) is 14.9 Å². The van der Waals surface area contributed by atoms with Crippen LogP contribution in [-0.4, -0.2) is 45.1 Å². The minimum atomic E-state index is -0.384. The molecule has 0 bridgehead atoms. The third-order valence-electron chi connectivity index (χ3n) is 4.85. The average Bonchev–Trinajstić information content (AvgIpc) is 3.28. The first-order valence-corrected chi connectivity index (χ1v) is 9.95. The van der Waals surface area contributed by atoms with Gasteiger partial charge in [-0.3, -0.25) is 4.79 Å². The number of hydrogen-bond donors (Lipinski definition) is 2. The molecule has 0 unspecified atom stereocenters. The molecule has 0 amide bonds. The first kappa shape index (κ1) is 21.0. The summed E-state index contributed by atoms with van der Waals surface area (Å²) in [6, 6.07) is 13.4. The molecule has 2 heterocycles. The third-order valence-corrected chi connectivity index (χ3v) is 4.85. The lowest BCUT2D eigenvalue weighted by atomic mass is 10.00. The van der Waals surface area contributed by atoms with Crippen molar-refractivity contribution in [3.05, 3.63) is 64.0 Å². The highest BCUT2D eigenvalue weighted by Gasteiger charge is 2.14. The Balaban J connectivity index is 1.76. The van der Waals surface area contributed by atoms with Gasteiger partial charge in [0.1, 0.15) is 11.6 Å². The summed E-state index contributed by atoms with van der Waals surface area (Å²) in [6.45, 7) is 4.03. The van der Waals surface area contributed by atoms with Crippen molar-refractivity contribution in [2.24, 2.45) is 0 Å². The number of fused-ring (bicyclic) bond motifs is 1. The maximum atomic E-state index is 12.3. The average molecular weight is 431 g/mol. The summed E-state index contributed by atoms with van der Waals surface area (Å²) in [5.41, 5.74) is 3.94. The number of benzene rings is 2. The molecule has 0 aliphatic rings. The second-order valence-electron chi connectivity index (χ2n) is 7.01. The predicted octanol–water partition coefficient (Wildman–Crippen LogP) is 3.35. The summed E-state index contributed by atoms with van der Waals surface area (Å²) < 4.78 is 10.6. The number of carbonyl (C=O) groups is 1. The van der Waals surface area contributed by atoms with Gasteiger partial charge in [-0.15, -0.1) is 5.10 Å². The monoisotopic (exact) mass is 431 g/mol. The molecular formula is C23H21N5O4. The lowest BCUT2D eigenvalue weighted by Crippen LogP contribution is -2.10. The standard InChI is InChI=1S/C23H21N5O4/c1-4-32-18-12-16(15-7-5-6-14(11-15)10-13(2)23(30)31-3)8-9-17(18)20-24-21-19(22(29)25-20)26-28-27-21/h5-12H,4H2,1-3H3,(H2,24,25,26,27,28,29)/b13-10+. The number of H-pyrrole nitrogens is 2. The zero-order chi connectivity index (χ0) is 22.7. The number of aromatic nitrogens is 5. The fourth-order valence-electron chi connectivity index (χ4n) is 3.34. The number of ether oxygens (including phenoxy) is 2. The Hall–Kier alpha value is -4.27. The van der Waals surface area contributed by atoms with E-state index in [1.165, 1.54) is 7.11 Å². The Morgan fingerprint density at radius 1 is 1.16 bits per heavy atom. The van der Waals surface area contributed by atoms with Gasteiger partial charge in [-0.1, -0.05) is 29.5 Å². The summed E-state index contributed by atoms with van der Waals surface area (Å²) in [6.07, 6.45) is 1.77. The Labute approximate surface area is 183 Å². The zero-order valence-corrected chi connectivity index (χ0v) is 17.8. The fraction of sp³-hybridized carbons (Fsp3) is 0.174. The van der Waals surface area contributed by atoms with Crippen molar-refractivity contribution in [2.45, 2.75) is 13.8 Å². The molecule has 0 fully saturated rings. The molecule has 162 valence electrons. The number of hydrogen-bond acceptors (Lipinski definition) is 7. The molecule has 4 aromatic rings. The largest absolute Gasteiger partial charge is 0.493 e. The van der Waals surface area contributed by atoms with Crippen LogP contribution in [0.2, 0.25) is 0 Å². The first-order chi connectivity index (χ1) is 15.5. The van der Waals surface area contributed by atoms with E-state index in [2.05, 4.69) is 25.4 Å². The SMILES string of the molecule is CCOc1cc(-c2cccc(/C=C(\C)C(=O)OC)c2)ccc1-c1nc2[nH]nnc2c(=O)[nH]1. The van der Waals surface area contributed by atoms with E-state index < -0.39 is 0 Å². The molecule has 32 heavy (non-hydrogen) atoms. The molecule has 0 saturated carbocycles. The Morgan fingerprint density at radius 2 is 1.97 bits per heavy atom. The molecule has 2 aromatic carbocycles. The van der Waals surface area contributed by atoms with Gasteiger partial charge in [-0.2, -0.15) is 0 Å². The molecule has 0 saturated heterocycles. The number of esters is 1. The van der Waals surface area contributed by atoms with Gasteiger partial charge in [0.05, 0.1) is 19.3 Å². The fourth-order valence-corrected chi connectivity index (χ4v) is 3.34. The highest BCUT2D eigenvalue weighted by Crippen LogP contribution is 2.33. The van der Waals surface area contributed by atoms with E-state index in [0.717, 1.165) is 16.7 Å². The van der Waals surface area contributed by atoms with Crippen LogP contribution < -0.4 is 10.3 Å². The molecule has 2 N–H and O–H groups in total. The molecule has 0 aliphatic heterocycles. The Morgan fingerprint density at radius 3 is 2.75 bits per heavy atom. The van der Waals surface area contributed by atoms with Gasteiger partial charge in [0.15, 0.2) is 11.2 Å². The Kier molecular flexibility index (Phi) is 5.80. The van der Waals surface area contributed by atoms with Gasteiger partial charge in [0.2, 0.25) is 0 Å². The second kappa shape index (κ2) is 8.84. The normalized spacial score (nSPS) is 11.5. The van der Waals surface area contributed by atoms with E-state index in [1.54, 1.807) is 13.0 Å². The number of nitrogens with one attached hydrogen (secondary N) is 2. The van der Waals surface area contributed by atoms with E-state index in [9.17, 15) is 9.59 Å². The maximum absolute atomic E-state index is 12.3. The zero-order valence-electron chi connectivity index (χ0n) is 17.8. The van der Waals surface area contributed by atoms with Gasteiger partial charge in [-0.05, 0) is 54.8 Å². The van der Waals surface area contributed by atoms with Crippen LogP contribution >= 0.6 is 0 Å². The van der Waals surface area contributed by atoms with Gasteiger partial charge < -0.3 is 14.5 Å². The van der Waals surface area contributed by atoms with E-state index >= 15 is 0 Å². The van der Waals surface area contributed by atoms with Crippen molar-refractivity contribution in [2.75, 3.05) is 13.7 Å². The van der Waals surface area contributed by atoms with Crippen LogP contribution in [0.5, 0.6) is 5.75 Å². The lowest BCUT2D eigenvalue weighted by molar-refractivity contribution is -0.135. The first-order valence-electron chi connectivity index (χ1n) is 9.95. The van der Waals surface area contributed by atoms with E-state index in [1.807, 2.05) is 49.4 Å². The quantitative estimate of drug-likeness (QED) is 0.354. The summed E-state index contributed by atoms with van der Waals surface area (Å²) in [7, 11) is 1.36. The minimum Gasteiger partial charge on any atom is -0.493 e. The summed E-state index contributed by atoms with van der Waals surface area (Å²) in [5, 5.41) is 9.99. The summed E-state index contributed by atoms with van der Waals surface area (Å²) in [5.74, 6) is 0.560. The van der Waals surface area contributed by atoms with Gasteiger partial charge in [0, 0.05) is 5.57 Å². The molecule has 4 rings (SSSR count). The van der Waals surface area contributed by atoms with Crippen molar-refractivity contribution in [3.8, 4) is 28.3 Å². The number of methoxy groups -OCH3 is 1. The van der Waals surface area contributed by atoms with Crippen molar-refractivity contribution in [1.29, 1.82) is 0 Å². The molecule has 9 heteroatoms. The van der Waals surface area contributed by atoms with Gasteiger partial charge in [0.25, 0.3) is 5.56 Å². The smallest absolute Gasteiger partial charge is 0.333 e. The minimum absolute atomic E-state index is 0.149. The van der Waals surface area contributed by atoms with Crippen LogP contribution in [0.1, 0.15) is 19.4 Å². The van der Waals surface area contributed by atoms with Crippen molar-refractivity contribution < 1.29 is 14.3 Å². The van der Waals surface area contributed by atoms with Crippen LogP contribution in [-0.2, 0) is 9.53 Å². The van der Waals surface area contributed by atoms with Crippen LogP contribution in [0.25, 0.3) is 39.8 Å². The van der Waals surface area contributed by atoms with Crippen LogP contribution in [0.3, 0.4) is 0 Å². The number of nitrogens with zero attached hydrogens (tertiary/aromatic N) is 3. The molecule has 0 aliphatic carbocycles. The Bertz CT molecular complexity index is 1390. The van der Waals surface area contributed by atoms with Crippen molar-refractivity contribution in [3.63, 3.8) is 0 Å². The summed E-state index contributed by atoms with van der Waals surface area (Å²) in [4.78, 5) is 31.1. The van der Waals surface area contributed by atoms with Crippen LogP contribution in [0.4, 0.5) is 0 Å². The molecule has 0 atom stereocenters. The van der Waals surface area contributed by atoms with E-state index in [0.29, 0.717) is 35.0 Å². The van der Waals surface area contributed by atoms with Crippen molar-refractivity contribution in [1.82, 2.24) is 25.4 Å². The predicted molar refractivity (Wildman–Crippen MR) is 120 cm³/mol. The topological polar surface area (TPSA) is 123 Å². The van der Waals surface area contributed by atoms with Crippen LogP contribution in [0, 0.1) is 0 Å². The molecular weight excluding hydrogens is 410 g/mol. The molecule has 0 spiro atoms. The van der Waals surface area contributed by atoms with Gasteiger partial charge >= 0.3 is 5.97 Å². The van der Waals surface area contributed by atoms with E-state index in [-0.39, 0.29) is 17.0 Å². The second-order valence-corrected chi connectivity index (χ2v) is 7.01.